The number of carbonyl (C=O) groups is 1. The minimum absolute atomic E-state index is 0.120. The molecule has 1 N–H and O–H groups in total. The second-order valence-electron chi connectivity index (χ2n) is 4.51. The molecule has 0 saturated heterocycles. The highest BCUT2D eigenvalue weighted by Crippen LogP contribution is 2.61. The van der Waals surface area contributed by atoms with E-state index < -0.39 is 5.97 Å². The summed E-state index contributed by atoms with van der Waals surface area (Å²) < 4.78 is 5.25. The van der Waals surface area contributed by atoms with Gasteiger partial charge in [-0.2, -0.15) is 0 Å². The molecule has 15 heavy (non-hydrogen) atoms. The maximum absolute atomic E-state index is 10.9. The molecule has 2 atom stereocenters. The molecule has 3 rings (SSSR count). The number of hydrogen-bond acceptors (Lipinski definition) is 3. The van der Waals surface area contributed by atoms with Crippen molar-refractivity contribution in [2.45, 2.75) is 31.6 Å². The highest BCUT2D eigenvalue weighted by molar-refractivity contribution is 5.86. The van der Waals surface area contributed by atoms with Gasteiger partial charge in [0.05, 0.1) is 0 Å². The van der Waals surface area contributed by atoms with Crippen LogP contribution >= 0.6 is 0 Å². The third-order valence-electron chi connectivity index (χ3n) is 3.76. The van der Waals surface area contributed by atoms with Gasteiger partial charge in [-0.1, -0.05) is 12.8 Å². The van der Waals surface area contributed by atoms with E-state index in [0.29, 0.717) is 23.5 Å². The molecule has 0 spiro atoms. The average molecular weight is 207 g/mol. The Balaban J connectivity index is 1.88. The highest BCUT2D eigenvalue weighted by Gasteiger charge is 2.54. The predicted octanol–water partition coefficient (Wildman–Crippen LogP) is 2.28. The first-order chi connectivity index (χ1) is 7.29. The van der Waals surface area contributed by atoms with E-state index in [1.54, 1.807) is 0 Å². The number of aromatic nitrogens is 1. The maximum Gasteiger partial charge on any atom is 0.358 e. The van der Waals surface area contributed by atoms with Crippen LogP contribution in [-0.2, 0) is 0 Å². The Bertz CT molecular complexity index is 386. The zero-order valence-corrected chi connectivity index (χ0v) is 8.35. The molecule has 2 fully saturated rings. The lowest BCUT2D eigenvalue weighted by Gasteiger charge is -2.04. The third-order valence-corrected chi connectivity index (χ3v) is 3.76. The lowest BCUT2D eigenvalue weighted by atomic mass is 10.0. The molecule has 0 aliphatic heterocycles. The maximum atomic E-state index is 10.9. The lowest BCUT2D eigenvalue weighted by molar-refractivity contribution is 0.0688. The molecule has 1 heterocycles. The van der Waals surface area contributed by atoms with Crippen molar-refractivity contribution < 1.29 is 14.3 Å². The average Bonchev–Trinajstić information content (AvgIpc) is 2.74. The third kappa shape index (κ3) is 1.28. The van der Waals surface area contributed by atoms with Gasteiger partial charge in [-0.15, -0.1) is 0 Å². The van der Waals surface area contributed by atoms with E-state index in [0.717, 1.165) is 0 Å². The molecular formula is C11H13NO3. The largest absolute Gasteiger partial charge is 0.476 e. The standard InChI is InChI=1S/C11H13NO3/c13-11(14)9-10(15-5-12-9)8-6-3-1-2-4-7(6)8/h5-8H,1-4H2,(H,13,14). The van der Waals surface area contributed by atoms with Gasteiger partial charge in [-0.3, -0.25) is 0 Å². The number of fused-ring (bicyclic) bond motifs is 1. The van der Waals surface area contributed by atoms with E-state index in [4.69, 9.17) is 9.52 Å². The Kier molecular flexibility index (Phi) is 1.84. The zero-order valence-electron chi connectivity index (χ0n) is 8.35. The summed E-state index contributed by atoms with van der Waals surface area (Å²) in [6.45, 7) is 0. The quantitative estimate of drug-likeness (QED) is 0.808. The molecule has 0 bridgehead atoms. The normalized spacial score (nSPS) is 33.5. The van der Waals surface area contributed by atoms with E-state index >= 15 is 0 Å². The van der Waals surface area contributed by atoms with Crippen LogP contribution in [0.1, 0.15) is 47.8 Å². The van der Waals surface area contributed by atoms with E-state index in [9.17, 15) is 4.79 Å². The summed E-state index contributed by atoms with van der Waals surface area (Å²) >= 11 is 0. The minimum atomic E-state index is -0.970. The number of oxazole rings is 1. The molecule has 2 aliphatic carbocycles. The Morgan fingerprint density at radius 1 is 1.40 bits per heavy atom. The summed E-state index contributed by atoms with van der Waals surface area (Å²) in [5, 5.41) is 8.94. The van der Waals surface area contributed by atoms with Gasteiger partial charge < -0.3 is 9.52 Å². The fourth-order valence-corrected chi connectivity index (χ4v) is 3.03. The van der Waals surface area contributed by atoms with Crippen molar-refractivity contribution in [1.29, 1.82) is 0 Å². The van der Waals surface area contributed by atoms with E-state index in [2.05, 4.69) is 4.98 Å². The SMILES string of the molecule is O=C(O)c1ncoc1C1C2CCCCC21. The molecule has 2 unspecified atom stereocenters. The number of nitrogens with zero attached hydrogens (tertiary/aromatic N) is 1. The van der Waals surface area contributed by atoms with Crippen molar-refractivity contribution in [2.75, 3.05) is 0 Å². The molecular weight excluding hydrogens is 194 g/mol. The molecule has 1 aromatic rings. The Labute approximate surface area is 87.3 Å². The van der Waals surface area contributed by atoms with Gasteiger partial charge in [0, 0.05) is 5.92 Å². The van der Waals surface area contributed by atoms with Gasteiger partial charge in [-0.25, -0.2) is 9.78 Å². The van der Waals surface area contributed by atoms with Crippen molar-refractivity contribution in [3.8, 4) is 0 Å². The first kappa shape index (κ1) is 8.95. The number of aromatic carboxylic acids is 1. The van der Waals surface area contributed by atoms with Crippen LogP contribution in [0.5, 0.6) is 0 Å². The van der Waals surface area contributed by atoms with Crippen LogP contribution in [0.2, 0.25) is 0 Å². The van der Waals surface area contributed by atoms with E-state index in [1.807, 2.05) is 0 Å². The van der Waals surface area contributed by atoms with Crippen molar-refractivity contribution in [2.24, 2.45) is 11.8 Å². The summed E-state index contributed by atoms with van der Waals surface area (Å²) in [4.78, 5) is 14.7. The molecule has 1 aromatic heterocycles. The number of rotatable bonds is 2. The van der Waals surface area contributed by atoms with Gasteiger partial charge in [0.2, 0.25) is 0 Å². The van der Waals surface area contributed by atoms with Gasteiger partial charge in [0.25, 0.3) is 0 Å². The Morgan fingerprint density at radius 3 is 2.67 bits per heavy atom. The topological polar surface area (TPSA) is 63.3 Å². The van der Waals surface area contributed by atoms with Crippen molar-refractivity contribution in [3.63, 3.8) is 0 Å². The minimum Gasteiger partial charge on any atom is -0.476 e. The smallest absolute Gasteiger partial charge is 0.358 e. The molecule has 0 aromatic carbocycles. The number of carboxylic acids is 1. The van der Waals surface area contributed by atoms with Gasteiger partial charge in [0.15, 0.2) is 12.1 Å². The zero-order chi connectivity index (χ0) is 10.4. The number of hydrogen-bond donors (Lipinski definition) is 1. The summed E-state index contributed by atoms with van der Waals surface area (Å²) in [6.07, 6.45) is 6.23. The highest BCUT2D eigenvalue weighted by atomic mass is 16.4. The summed E-state index contributed by atoms with van der Waals surface area (Å²) in [5.41, 5.74) is 0.120. The van der Waals surface area contributed by atoms with Gasteiger partial charge in [-0.05, 0) is 24.7 Å². The second kappa shape index (κ2) is 3.08. The van der Waals surface area contributed by atoms with Crippen molar-refractivity contribution in [3.05, 3.63) is 17.8 Å². The molecule has 80 valence electrons. The molecule has 0 amide bonds. The fraction of sp³-hybridized carbons (Fsp3) is 0.636. The summed E-state index contributed by atoms with van der Waals surface area (Å²) in [6, 6.07) is 0. The van der Waals surface area contributed by atoms with E-state index in [-0.39, 0.29) is 5.69 Å². The van der Waals surface area contributed by atoms with Crippen molar-refractivity contribution >= 4 is 5.97 Å². The lowest BCUT2D eigenvalue weighted by Crippen LogP contribution is -2.00. The van der Waals surface area contributed by atoms with Crippen LogP contribution in [-0.4, -0.2) is 16.1 Å². The first-order valence-electron chi connectivity index (χ1n) is 5.45. The monoisotopic (exact) mass is 207 g/mol. The van der Waals surface area contributed by atoms with Crippen LogP contribution in [0, 0.1) is 11.8 Å². The van der Waals surface area contributed by atoms with Gasteiger partial charge >= 0.3 is 5.97 Å². The molecule has 4 heteroatoms. The summed E-state index contributed by atoms with van der Waals surface area (Å²) in [7, 11) is 0. The van der Waals surface area contributed by atoms with Crippen LogP contribution in [0.25, 0.3) is 0 Å². The summed E-state index contributed by atoms with van der Waals surface area (Å²) in [5.74, 6) is 1.29. The van der Waals surface area contributed by atoms with Crippen molar-refractivity contribution in [1.82, 2.24) is 4.98 Å². The van der Waals surface area contributed by atoms with Crippen LogP contribution in [0.15, 0.2) is 10.8 Å². The Morgan fingerprint density at radius 2 is 2.07 bits per heavy atom. The van der Waals surface area contributed by atoms with Crippen LogP contribution < -0.4 is 0 Å². The van der Waals surface area contributed by atoms with Crippen LogP contribution in [0.4, 0.5) is 0 Å². The predicted molar refractivity (Wildman–Crippen MR) is 51.7 cm³/mol. The number of carboxylic acid groups (broad SMARTS) is 1. The second-order valence-corrected chi connectivity index (χ2v) is 4.51. The molecule has 0 radical (unpaired) electrons. The fourth-order valence-electron chi connectivity index (χ4n) is 3.03. The Hall–Kier alpha value is -1.32. The van der Waals surface area contributed by atoms with E-state index in [1.165, 1.54) is 32.1 Å². The van der Waals surface area contributed by atoms with Gasteiger partial charge in [0.1, 0.15) is 5.76 Å². The van der Waals surface area contributed by atoms with Crippen LogP contribution in [0.3, 0.4) is 0 Å². The molecule has 2 saturated carbocycles. The molecule has 2 aliphatic rings. The molecule has 4 nitrogen and oxygen atoms in total. The first-order valence-corrected chi connectivity index (χ1v) is 5.45.